The lowest BCUT2D eigenvalue weighted by molar-refractivity contribution is 0.0696. The van der Waals surface area contributed by atoms with E-state index in [1.165, 1.54) is 0 Å². The van der Waals surface area contributed by atoms with Gasteiger partial charge in [0.05, 0.1) is 18.1 Å². The van der Waals surface area contributed by atoms with Gasteiger partial charge in [0, 0.05) is 24.2 Å². The molecule has 20 heavy (non-hydrogen) atoms. The summed E-state index contributed by atoms with van der Waals surface area (Å²) in [7, 11) is 1.82. The van der Waals surface area contributed by atoms with Crippen LogP contribution in [-0.4, -0.2) is 29.1 Å². The molecule has 0 aliphatic carbocycles. The van der Waals surface area contributed by atoms with E-state index in [2.05, 4.69) is 11.1 Å². The molecule has 108 valence electrons. The van der Waals surface area contributed by atoms with Crippen molar-refractivity contribution < 1.29 is 9.90 Å². The fraction of sp³-hybridized carbons (Fsp3) is 0.533. The Morgan fingerprint density at radius 3 is 2.55 bits per heavy atom. The maximum Gasteiger partial charge on any atom is 0.335 e. The molecule has 0 bridgehead atoms. The number of carbonyl (C=O) groups is 1. The second-order valence-corrected chi connectivity index (χ2v) is 5.98. The Bertz CT molecular complexity index is 541. The number of aromatic carboxylic acids is 1. The molecule has 0 saturated heterocycles. The first kappa shape index (κ1) is 16.0. The molecule has 1 N–H and O–H groups in total. The normalized spacial score (nSPS) is 12.6. The van der Waals surface area contributed by atoms with Gasteiger partial charge >= 0.3 is 5.97 Å². The Morgan fingerprint density at radius 1 is 1.50 bits per heavy atom. The third kappa shape index (κ3) is 3.70. The van der Waals surface area contributed by atoms with Crippen LogP contribution in [0.15, 0.2) is 12.1 Å². The highest BCUT2D eigenvalue weighted by atomic mass is 16.4. The van der Waals surface area contributed by atoms with E-state index in [0.717, 1.165) is 5.69 Å². The minimum absolute atomic E-state index is 0.0237. The number of rotatable bonds is 4. The van der Waals surface area contributed by atoms with Gasteiger partial charge in [-0.05, 0) is 19.1 Å². The summed E-state index contributed by atoms with van der Waals surface area (Å²) in [6.45, 7) is 7.88. The van der Waals surface area contributed by atoms with E-state index >= 15 is 0 Å². The van der Waals surface area contributed by atoms with Crippen LogP contribution in [0.5, 0.6) is 0 Å². The SMILES string of the molecule is CC(CC#N)N(C)c1cc(C(=O)O)cc(C(C)(C)C)n1. The minimum Gasteiger partial charge on any atom is -0.478 e. The van der Waals surface area contributed by atoms with Gasteiger partial charge in [-0.1, -0.05) is 20.8 Å². The number of carboxylic acid groups (broad SMARTS) is 1. The molecule has 0 amide bonds. The Morgan fingerprint density at radius 2 is 2.10 bits per heavy atom. The summed E-state index contributed by atoms with van der Waals surface area (Å²) < 4.78 is 0. The molecule has 1 unspecified atom stereocenters. The van der Waals surface area contributed by atoms with Crippen LogP contribution < -0.4 is 4.90 Å². The van der Waals surface area contributed by atoms with Crippen LogP contribution in [0.4, 0.5) is 5.82 Å². The summed E-state index contributed by atoms with van der Waals surface area (Å²) in [6.07, 6.45) is 0.361. The molecular formula is C15H21N3O2. The van der Waals surface area contributed by atoms with Gasteiger partial charge in [0.25, 0.3) is 0 Å². The molecule has 0 fully saturated rings. The van der Waals surface area contributed by atoms with Gasteiger partial charge in [-0.25, -0.2) is 9.78 Å². The smallest absolute Gasteiger partial charge is 0.335 e. The molecule has 1 aromatic heterocycles. The zero-order valence-corrected chi connectivity index (χ0v) is 12.6. The first-order valence-electron chi connectivity index (χ1n) is 6.52. The van der Waals surface area contributed by atoms with Crippen molar-refractivity contribution in [2.75, 3.05) is 11.9 Å². The number of aromatic nitrogens is 1. The third-order valence-electron chi connectivity index (χ3n) is 3.24. The van der Waals surface area contributed by atoms with Crippen LogP contribution in [0.25, 0.3) is 0 Å². The highest BCUT2D eigenvalue weighted by Gasteiger charge is 2.21. The van der Waals surface area contributed by atoms with Crippen molar-refractivity contribution in [2.24, 2.45) is 0 Å². The fourth-order valence-electron chi connectivity index (χ4n) is 1.70. The molecule has 0 aliphatic rings. The fourth-order valence-corrected chi connectivity index (χ4v) is 1.70. The number of nitrogens with zero attached hydrogens (tertiary/aromatic N) is 3. The Kier molecular flexibility index (Phi) is 4.72. The van der Waals surface area contributed by atoms with Crippen molar-refractivity contribution in [1.29, 1.82) is 5.26 Å². The summed E-state index contributed by atoms with van der Waals surface area (Å²) in [6, 6.07) is 5.24. The topological polar surface area (TPSA) is 77.2 Å². The van der Waals surface area contributed by atoms with Crippen molar-refractivity contribution >= 4 is 11.8 Å². The maximum atomic E-state index is 11.3. The van der Waals surface area contributed by atoms with Gasteiger partial charge in [0.1, 0.15) is 5.82 Å². The molecule has 5 heteroatoms. The summed E-state index contributed by atoms with van der Waals surface area (Å²) in [5.41, 5.74) is 0.707. The first-order chi connectivity index (χ1) is 9.16. The molecule has 5 nitrogen and oxygen atoms in total. The second kappa shape index (κ2) is 5.91. The summed E-state index contributed by atoms with van der Waals surface area (Å²) >= 11 is 0. The van der Waals surface area contributed by atoms with Crippen molar-refractivity contribution in [3.63, 3.8) is 0 Å². The molecule has 0 aromatic carbocycles. The average Bonchev–Trinajstić information content (AvgIpc) is 2.36. The number of pyridine rings is 1. The lowest BCUT2D eigenvalue weighted by atomic mass is 9.90. The second-order valence-electron chi connectivity index (χ2n) is 5.98. The van der Waals surface area contributed by atoms with Crippen molar-refractivity contribution in [1.82, 2.24) is 4.98 Å². The molecule has 1 heterocycles. The van der Waals surface area contributed by atoms with E-state index in [4.69, 9.17) is 5.26 Å². The van der Waals surface area contributed by atoms with E-state index in [0.29, 0.717) is 12.2 Å². The van der Waals surface area contributed by atoms with Gasteiger partial charge in [-0.3, -0.25) is 0 Å². The number of nitriles is 1. The van der Waals surface area contributed by atoms with Crippen LogP contribution in [0, 0.1) is 11.3 Å². The lowest BCUT2D eigenvalue weighted by Crippen LogP contribution is -2.30. The van der Waals surface area contributed by atoms with Gasteiger partial charge in [0.15, 0.2) is 0 Å². The highest BCUT2D eigenvalue weighted by Crippen LogP contribution is 2.25. The standard InChI is InChI=1S/C15H21N3O2/c1-10(6-7-16)18(5)13-9-11(14(19)20)8-12(17-13)15(2,3)4/h8-10H,6H2,1-5H3,(H,19,20). The Balaban J connectivity index is 3.29. The molecule has 0 aliphatic heterocycles. The van der Waals surface area contributed by atoms with E-state index in [1.807, 2.05) is 39.6 Å². The number of anilines is 1. The third-order valence-corrected chi connectivity index (χ3v) is 3.24. The van der Waals surface area contributed by atoms with E-state index in [-0.39, 0.29) is 17.0 Å². The van der Waals surface area contributed by atoms with Crippen LogP contribution >= 0.6 is 0 Å². The quantitative estimate of drug-likeness (QED) is 0.914. The molecular weight excluding hydrogens is 254 g/mol. The van der Waals surface area contributed by atoms with Crippen LogP contribution in [0.1, 0.15) is 50.2 Å². The predicted octanol–water partition coefficient (Wildman–Crippen LogP) is 2.82. The molecule has 1 aromatic rings. The summed E-state index contributed by atoms with van der Waals surface area (Å²) in [5, 5.41) is 18.0. The lowest BCUT2D eigenvalue weighted by Gasteiger charge is -2.27. The van der Waals surface area contributed by atoms with Crippen LogP contribution in [0.2, 0.25) is 0 Å². The Labute approximate surface area is 119 Å². The summed E-state index contributed by atoms with van der Waals surface area (Å²) in [4.78, 5) is 17.6. The monoisotopic (exact) mass is 275 g/mol. The molecule has 0 spiro atoms. The van der Waals surface area contributed by atoms with Gasteiger partial charge < -0.3 is 10.0 Å². The Hall–Kier alpha value is -2.09. The average molecular weight is 275 g/mol. The zero-order valence-electron chi connectivity index (χ0n) is 12.6. The first-order valence-corrected chi connectivity index (χ1v) is 6.52. The predicted molar refractivity (Wildman–Crippen MR) is 78.0 cm³/mol. The van der Waals surface area contributed by atoms with Gasteiger partial charge in [-0.15, -0.1) is 0 Å². The number of hydrogen-bond acceptors (Lipinski definition) is 4. The molecule has 1 atom stereocenters. The highest BCUT2D eigenvalue weighted by molar-refractivity contribution is 5.88. The zero-order chi connectivity index (χ0) is 15.5. The molecule has 1 rings (SSSR count). The van der Waals surface area contributed by atoms with Gasteiger partial charge in [0.2, 0.25) is 0 Å². The molecule has 0 saturated carbocycles. The molecule has 0 radical (unpaired) electrons. The van der Waals surface area contributed by atoms with Crippen LogP contribution in [-0.2, 0) is 5.41 Å². The van der Waals surface area contributed by atoms with Crippen molar-refractivity contribution in [2.45, 2.75) is 45.6 Å². The maximum absolute atomic E-state index is 11.3. The largest absolute Gasteiger partial charge is 0.478 e. The van der Waals surface area contributed by atoms with E-state index < -0.39 is 5.97 Å². The van der Waals surface area contributed by atoms with Crippen molar-refractivity contribution in [3.8, 4) is 6.07 Å². The minimum atomic E-state index is -0.972. The summed E-state index contributed by atoms with van der Waals surface area (Å²) in [5.74, 6) is -0.391. The van der Waals surface area contributed by atoms with E-state index in [1.54, 1.807) is 12.1 Å². The van der Waals surface area contributed by atoms with Crippen molar-refractivity contribution in [3.05, 3.63) is 23.4 Å². The van der Waals surface area contributed by atoms with Gasteiger partial charge in [-0.2, -0.15) is 5.26 Å². The van der Waals surface area contributed by atoms with E-state index in [9.17, 15) is 9.90 Å². The number of carboxylic acids is 1. The van der Waals surface area contributed by atoms with Crippen LogP contribution in [0.3, 0.4) is 0 Å². The number of hydrogen-bond donors (Lipinski definition) is 1.